The molecule has 1 aliphatic rings. The van der Waals surface area contributed by atoms with E-state index >= 15 is 0 Å². The predicted molar refractivity (Wildman–Crippen MR) is 125 cm³/mol. The third-order valence-corrected chi connectivity index (χ3v) is 5.59. The Hall–Kier alpha value is -4.55. The second-order valence-electron chi connectivity index (χ2n) is 8.09. The number of rotatable bonds is 8. The maximum absolute atomic E-state index is 13.1. The molecular formula is C25H22F3NO9. The Morgan fingerprint density at radius 3 is 2.39 bits per heavy atom. The number of alkyl halides is 3. The van der Waals surface area contributed by atoms with E-state index in [1.807, 2.05) is 0 Å². The van der Waals surface area contributed by atoms with Crippen molar-refractivity contribution in [2.45, 2.75) is 25.6 Å². The number of ether oxygens (including phenoxy) is 5. The van der Waals surface area contributed by atoms with Crippen LogP contribution in [0, 0.1) is 6.92 Å². The van der Waals surface area contributed by atoms with Crippen molar-refractivity contribution >= 4 is 11.6 Å². The van der Waals surface area contributed by atoms with E-state index in [4.69, 9.17) is 23.4 Å². The van der Waals surface area contributed by atoms with E-state index in [2.05, 4.69) is 10.1 Å². The number of fused-ring (bicyclic) bond motifs is 1. The second kappa shape index (κ2) is 10.4. The molecule has 0 aliphatic carbocycles. The van der Waals surface area contributed by atoms with Crippen LogP contribution in [0.3, 0.4) is 0 Å². The summed E-state index contributed by atoms with van der Waals surface area (Å²) in [5, 5.41) is 13.2. The summed E-state index contributed by atoms with van der Waals surface area (Å²) in [5.74, 6) is -1.68. The summed E-state index contributed by atoms with van der Waals surface area (Å²) in [7, 11) is 2.74. The first-order chi connectivity index (χ1) is 18.0. The highest BCUT2D eigenvalue weighted by atomic mass is 19.4. The Labute approximate surface area is 213 Å². The molecule has 4 rings (SSSR count). The van der Waals surface area contributed by atoms with Gasteiger partial charge < -0.3 is 38.5 Å². The van der Waals surface area contributed by atoms with Gasteiger partial charge in [-0.25, -0.2) is 4.79 Å². The number of aromatic hydroxyl groups is 1. The van der Waals surface area contributed by atoms with E-state index in [0.29, 0.717) is 0 Å². The summed E-state index contributed by atoms with van der Waals surface area (Å²) in [4.78, 5) is 26.0. The zero-order chi connectivity index (χ0) is 27.6. The van der Waals surface area contributed by atoms with Crippen LogP contribution in [0.2, 0.25) is 0 Å². The average molecular weight is 537 g/mol. The number of nitrogens with one attached hydrogen (secondary N) is 1. The van der Waals surface area contributed by atoms with E-state index < -0.39 is 41.7 Å². The van der Waals surface area contributed by atoms with Crippen LogP contribution < -0.4 is 34.6 Å². The van der Waals surface area contributed by atoms with Crippen LogP contribution in [0.15, 0.2) is 45.6 Å². The Balaban J connectivity index is 1.73. The Bertz CT molecular complexity index is 1400. The molecule has 1 amide bonds. The summed E-state index contributed by atoms with van der Waals surface area (Å²) in [6.07, 6.45) is -5.28. The summed E-state index contributed by atoms with van der Waals surface area (Å²) in [5.41, 5.74) is -0.686. The molecule has 0 fully saturated rings. The van der Waals surface area contributed by atoms with Crippen molar-refractivity contribution in [1.82, 2.24) is 0 Å². The maximum atomic E-state index is 13.1. The van der Waals surface area contributed by atoms with E-state index in [1.54, 1.807) is 0 Å². The molecule has 0 radical (unpaired) electrons. The molecule has 0 saturated heterocycles. The number of amides is 1. The molecule has 0 saturated carbocycles. The number of aryl methyl sites for hydroxylation is 1. The molecule has 10 nitrogen and oxygen atoms in total. The summed E-state index contributed by atoms with van der Waals surface area (Å²) in [6, 6.07) is 7.23. The third-order valence-electron chi connectivity index (χ3n) is 5.59. The number of carbonyl (C=O) groups is 1. The Kier molecular flexibility index (Phi) is 7.28. The molecule has 1 unspecified atom stereocenters. The average Bonchev–Trinajstić information content (AvgIpc) is 3.32. The van der Waals surface area contributed by atoms with Gasteiger partial charge in [0, 0.05) is 29.7 Å². The first-order valence-electron chi connectivity index (χ1n) is 11.0. The van der Waals surface area contributed by atoms with Crippen molar-refractivity contribution in [1.29, 1.82) is 0 Å². The predicted octanol–water partition coefficient (Wildman–Crippen LogP) is 4.46. The lowest BCUT2D eigenvalue weighted by Gasteiger charge is -2.22. The summed E-state index contributed by atoms with van der Waals surface area (Å²) < 4.78 is 68.2. The van der Waals surface area contributed by atoms with Gasteiger partial charge in [0.15, 0.2) is 11.5 Å². The fourth-order valence-electron chi connectivity index (χ4n) is 4.09. The van der Waals surface area contributed by atoms with Crippen LogP contribution in [0.1, 0.15) is 29.2 Å². The van der Waals surface area contributed by atoms with Crippen LogP contribution in [0.25, 0.3) is 0 Å². The Morgan fingerprint density at radius 2 is 1.79 bits per heavy atom. The van der Waals surface area contributed by atoms with Crippen molar-refractivity contribution in [3.8, 4) is 34.5 Å². The topological polar surface area (TPSA) is 126 Å². The SMILES string of the molecule is COc1cc(C(CC(=O)Nc2ccc(OC(F)(F)F)cc2)c2c(O)cc(C)oc2=O)c(OC)c2c1OCO2. The van der Waals surface area contributed by atoms with E-state index in [-0.39, 0.29) is 52.4 Å². The standard InChI is InChI=1S/C25H22F3NO9/c1-12-8-17(30)20(24(32)37-12)15(16-9-18(33-2)22-23(21(16)34-3)36-11-35-22)10-19(31)29-13-4-6-14(7-5-13)38-25(26,27)28/h4-9,15,30H,10-11H2,1-3H3,(H,29,31). The largest absolute Gasteiger partial charge is 0.573 e. The van der Waals surface area contributed by atoms with E-state index in [9.17, 15) is 27.9 Å². The zero-order valence-corrected chi connectivity index (χ0v) is 20.3. The van der Waals surface area contributed by atoms with Crippen LogP contribution in [-0.4, -0.2) is 38.4 Å². The van der Waals surface area contributed by atoms with Crippen molar-refractivity contribution < 1.29 is 51.2 Å². The molecule has 13 heteroatoms. The fourth-order valence-corrected chi connectivity index (χ4v) is 4.09. The smallest absolute Gasteiger partial charge is 0.507 e. The number of benzene rings is 2. The normalized spacial score (nSPS) is 13.1. The molecular weight excluding hydrogens is 515 g/mol. The molecule has 1 atom stereocenters. The summed E-state index contributed by atoms with van der Waals surface area (Å²) >= 11 is 0. The number of methoxy groups -OCH3 is 2. The molecule has 0 spiro atoms. The van der Waals surface area contributed by atoms with Crippen LogP contribution in [0.4, 0.5) is 18.9 Å². The van der Waals surface area contributed by atoms with Gasteiger partial charge in [0.05, 0.1) is 19.8 Å². The lowest BCUT2D eigenvalue weighted by Crippen LogP contribution is -2.21. The molecule has 1 aromatic heterocycles. The highest BCUT2D eigenvalue weighted by Crippen LogP contribution is 2.52. The van der Waals surface area contributed by atoms with Crippen molar-refractivity contribution in [3.05, 3.63) is 63.7 Å². The van der Waals surface area contributed by atoms with E-state index in [0.717, 1.165) is 12.1 Å². The highest BCUT2D eigenvalue weighted by molar-refractivity contribution is 5.92. The minimum atomic E-state index is -4.86. The molecule has 3 aromatic rings. The molecule has 2 N–H and O–H groups in total. The van der Waals surface area contributed by atoms with Gasteiger partial charge in [-0.3, -0.25) is 4.79 Å². The Morgan fingerprint density at radius 1 is 1.11 bits per heavy atom. The van der Waals surface area contributed by atoms with Gasteiger partial charge in [-0.1, -0.05) is 0 Å². The number of anilines is 1. The van der Waals surface area contributed by atoms with Crippen molar-refractivity contribution in [2.75, 3.05) is 26.3 Å². The van der Waals surface area contributed by atoms with Gasteiger partial charge in [-0.2, -0.15) is 0 Å². The van der Waals surface area contributed by atoms with Crippen molar-refractivity contribution in [2.24, 2.45) is 0 Å². The lowest BCUT2D eigenvalue weighted by atomic mass is 9.87. The summed E-state index contributed by atoms with van der Waals surface area (Å²) in [6.45, 7) is 1.35. The fraction of sp³-hybridized carbons (Fsp3) is 0.280. The minimum Gasteiger partial charge on any atom is -0.507 e. The van der Waals surface area contributed by atoms with Gasteiger partial charge in [0.25, 0.3) is 0 Å². The molecule has 1 aliphatic heterocycles. The lowest BCUT2D eigenvalue weighted by molar-refractivity contribution is -0.274. The number of halogens is 3. The van der Waals surface area contributed by atoms with Gasteiger partial charge in [-0.05, 0) is 37.3 Å². The number of hydrogen-bond donors (Lipinski definition) is 2. The van der Waals surface area contributed by atoms with Gasteiger partial charge >= 0.3 is 12.0 Å². The van der Waals surface area contributed by atoms with E-state index in [1.165, 1.54) is 45.4 Å². The quantitative estimate of drug-likeness (QED) is 0.428. The first kappa shape index (κ1) is 26.5. The number of hydrogen-bond acceptors (Lipinski definition) is 9. The number of carbonyl (C=O) groups excluding carboxylic acids is 1. The maximum Gasteiger partial charge on any atom is 0.573 e. The van der Waals surface area contributed by atoms with Crippen LogP contribution >= 0.6 is 0 Å². The molecule has 0 bridgehead atoms. The zero-order valence-electron chi connectivity index (χ0n) is 20.3. The van der Waals surface area contributed by atoms with Crippen LogP contribution in [-0.2, 0) is 4.79 Å². The molecule has 38 heavy (non-hydrogen) atoms. The monoisotopic (exact) mass is 537 g/mol. The third kappa shape index (κ3) is 5.56. The van der Waals surface area contributed by atoms with Crippen LogP contribution in [0.5, 0.6) is 34.5 Å². The second-order valence-corrected chi connectivity index (χ2v) is 8.09. The van der Waals surface area contributed by atoms with Crippen molar-refractivity contribution in [3.63, 3.8) is 0 Å². The van der Waals surface area contributed by atoms with Gasteiger partial charge in [0.2, 0.25) is 24.2 Å². The molecule has 2 aromatic carbocycles. The minimum absolute atomic E-state index is 0.122. The van der Waals surface area contributed by atoms with Gasteiger partial charge in [-0.15, -0.1) is 13.2 Å². The highest BCUT2D eigenvalue weighted by Gasteiger charge is 2.35. The molecule has 202 valence electrons. The first-order valence-corrected chi connectivity index (χ1v) is 11.0. The molecule has 2 heterocycles. The van der Waals surface area contributed by atoms with Gasteiger partial charge in [0.1, 0.15) is 17.3 Å².